The molecule has 0 radical (unpaired) electrons. The summed E-state index contributed by atoms with van der Waals surface area (Å²) in [5.74, 6) is 0.982. The van der Waals surface area contributed by atoms with Crippen LogP contribution in [-0.2, 0) is 6.42 Å². The third-order valence-corrected chi connectivity index (χ3v) is 3.06. The van der Waals surface area contributed by atoms with Crippen molar-refractivity contribution in [1.82, 2.24) is 0 Å². The highest BCUT2D eigenvalue weighted by atomic mass is 16.3. The van der Waals surface area contributed by atoms with Crippen LogP contribution in [0.25, 0.3) is 0 Å². The van der Waals surface area contributed by atoms with E-state index in [4.69, 9.17) is 0 Å². The number of aromatic hydroxyl groups is 1. The Morgan fingerprint density at radius 2 is 1.80 bits per heavy atom. The molecule has 0 bridgehead atoms. The van der Waals surface area contributed by atoms with Gasteiger partial charge in [-0.15, -0.1) is 0 Å². The molecule has 0 amide bonds. The molecule has 0 heterocycles. The Morgan fingerprint density at radius 3 is 2.27 bits per heavy atom. The summed E-state index contributed by atoms with van der Waals surface area (Å²) in [5, 5.41) is 9.95. The molecule has 1 aromatic carbocycles. The van der Waals surface area contributed by atoms with Crippen molar-refractivity contribution in [2.75, 3.05) is 0 Å². The lowest BCUT2D eigenvalue weighted by molar-refractivity contribution is 0.456. The maximum atomic E-state index is 9.95. The Labute approximate surface area is 93.1 Å². The molecule has 84 valence electrons. The van der Waals surface area contributed by atoms with Gasteiger partial charge in [-0.1, -0.05) is 39.3 Å². The second-order valence-electron chi connectivity index (χ2n) is 4.16. The molecule has 0 saturated carbocycles. The van der Waals surface area contributed by atoms with Gasteiger partial charge in [0.25, 0.3) is 0 Å². The van der Waals surface area contributed by atoms with Crippen molar-refractivity contribution in [3.05, 3.63) is 29.3 Å². The maximum absolute atomic E-state index is 9.95. The number of hydrogen-bond acceptors (Lipinski definition) is 1. The lowest BCUT2D eigenvalue weighted by Crippen LogP contribution is -1.96. The standard InChI is InChI=1S/C14H22O/c1-4-7-11-8-9-13(14(15)10-11)12(5-2)6-3/h8-10,12,15H,4-7H2,1-3H3. The highest BCUT2D eigenvalue weighted by Crippen LogP contribution is 2.31. The van der Waals surface area contributed by atoms with E-state index in [1.54, 1.807) is 0 Å². The van der Waals surface area contributed by atoms with Crippen LogP contribution in [0.3, 0.4) is 0 Å². The Bertz CT molecular complexity index is 300. The molecule has 0 aromatic heterocycles. The summed E-state index contributed by atoms with van der Waals surface area (Å²) in [6.07, 6.45) is 4.37. The van der Waals surface area contributed by atoms with Crippen molar-refractivity contribution >= 4 is 0 Å². The average Bonchev–Trinajstić information content (AvgIpc) is 2.23. The summed E-state index contributed by atoms with van der Waals surface area (Å²) in [6, 6.07) is 6.17. The fourth-order valence-corrected chi connectivity index (χ4v) is 2.11. The minimum absolute atomic E-state index is 0.481. The number of phenolic OH excluding ortho intramolecular Hbond substituents is 1. The maximum Gasteiger partial charge on any atom is 0.119 e. The van der Waals surface area contributed by atoms with Gasteiger partial charge in [-0.3, -0.25) is 0 Å². The molecular formula is C14H22O. The van der Waals surface area contributed by atoms with E-state index in [-0.39, 0.29) is 0 Å². The molecule has 15 heavy (non-hydrogen) atoms. The van der Waals surface area contributed by atoms with E-state index in [0.29, 0.717) is 11.7 Å². The molecule has 1 rings (SSSR count). The average molecular weight is 206 g/mol. The molecule has 0 aliphatic carbocycles. The monoisotopic (exact) mass is 206 g/mol. The summed E-state index contributed by atoms with van der Waals surface area (Å²) in [6.45, 7) is 6.51. The quantitative estimate of drug-likeness (QED) is 0.763. The lowest BCUT2D eigenvalue weighted by atomic mass is 9.92. The summed E-state index contributed by atoms with van der Waals surface area (Å²) < 4.78 is 0. The molecular weight excluding hydrogens is 184 g/mol. The highest BCUT2D eigenvalue weighted by molar-refractivity contribution is 5.38. The van der Waals surface area contributed by atoms with Crippen LogP contribution in [0.15, 0.2) is 18.2 Å². The Balaban J connectivity index is 2.91. The zero-order chi connectivity index (χ0) is 11.3. The molecule has 1 N–H and O–H groups in total. The van der Waals surface area contributed by atoms with Gasteiger partial charge in [0.1, 0.15) is 5.75 Å². The third-order valence-electron chi connectivity index (χ3n) is 3.06. The van der Waals surface area contributed by atoms with E-state index in [0.717, 1.165) is 31.2 Å². The van der Waals surface area contributed by atoms with Crippen LogP contribution in [0.5, 0.6) is 5.75 Å². The van der Waals surface area contributed by atoms with Gasteiger partial charge in [-0.25, -0.2) is 0 Å². The van der Waals surface area contributed by atoms with Gasteiger partial charge in [-0.2, -0.15) is 0 Å². The van der Waals surface area contributed by atoms with Crippen LogP contribution < -0.4 is 0 Å². The van der Waals surface area contributed by atoms with Crippen molar-refractivity contribution in [3.63, 3.8) is 0 Å². The number of benzene rings is 1. The van der Waals surface area contributed by atoms with Crippen molar-refractivity contribution in [3.8, 4) is 5.75 Å². The van der Waals surface area contributed by atoms with E-state index in [2.05, 4.69) is 32.9 Å². The number of aryl methyl sites for hydroxylation is 1. The molecule has 1 aromatic rings. The normalized spacial score (nSPS) is 10.9. The highest BCUT2D eigenvalue weighted by Gasteiger charge is 2.11. The molecule has 0 atom stereocenters. The SMILES string of the molecule is CCCc1ccc(C(CC)CC)c(O)c1. The first-order valence-electron chi connectivity index (χ1n) is 6.04. The van der Waals surface area contributed by atoms with Crippen LogP contribution in [0, 0.1) is 0 Å². The smallest absolute Gasteiger partial charge is 0.119 e. The van der Waals surface area contributed by atoms with Gasteiger partial charge < -0.3 is 5.11 Å². The Morgan fingerprint density at radius 1 is 1.13 bits per heavy atom. The number of rotatable bonds is 5. The van der Waals surface area contributed by atoms with Crippen LogP contribution >= 0.6 is 0 Å². The largest absolute Gasteiger partial charge is 0.508 e. The van der Waals surface area contributed by atoms with Crippen LogP contribution in [-0.4, -0.2) is 5.11 Å². The van der Waals surface area contributed by atoms with Gasteiger partial charge in [0.05, 0.1) is 0 Å². The van der Waals surface area contributed by atoms with Crippen molar-refractivity contribution in [2.45, 2.75) is 52.4 Å². The lowest BCUT2D eigenvalue weighted by Gasteiger charge is -2.15. The fourth-order valence-electron chi connectivity index (χ4n) is 2.11. The number of phenols is 1. The minimum Gasteiger partial charge on any atom is -0.508 e. The topological polar surface area (TPSA) is 20.2 Å². The molecule has 1 nitrogen and oxygen atoms in total. The summed E-state index contributed by atoms with van der Waals surface area (Å²) in [5.41, 5.74) is 2.35. The molecule has 0 unspecified atom stereocenters. The zero-order valence-corrected chi connectivity index (χ0v) is 10.1. The molecule has 0 aliphatic heterocycles. The zero-order valence-electron chi connectivity index (χ0n) is 10.1. The van der Waals surface area contributed by atoms with E-state index in [1.807, 2.05) is 6.07 Å². The predicted octanol–water partition coefficient (Wildman–Crippen LogP) is 4.25. The molecule has 0 saturated heterocycles. The molecule has 0 spiro atoms. The van der Waals surface area contributed by atoms with Gasteiger partial charge >= 0.3 is 0 Å². The predicted molar refractivity (Wildman–Crippen MR) is 65.4 cm³/mol. The molecule has 1 heteroatoms. The Kier molecular flexibility index (Phi) is 4.67. The van der Waals surface area contributed by atoms with E-state index >= 15 is 0 Å². The van der Waals surface area contributed by atoms with Gasteiger partial charge in [0.2, 0.25) is 0 Å². The number of hydrogen-bond donors (Lipinski definition) is 1. The van der Waals surface area contributed by atoms with Crippen molar-refractivity contribution in [1.29, 1.82) is 0 Å². The van der Waals surface area contributed by atoms with Crippen LogP contribution in [0.4, 0.5) is 0 Å². The third kappa shape index (κ3) is 2.98. The first-order chi connectivity index (χ1) is 7.22. The Hall–Kier alpha value is -0.980. The second kappa shape index (κ2) is 5.79. The summed E-state index contributed by atoms with van der Waals surface area (Å²) >= 11 is 0. The van der Waals surface area contributed by atoms with E-state index in [9.17, 15) is 5.11 Å². The summed E-state index contributed by atoms with van der Waals surface area (Å²) in [7, 11) is 0. The van der Waals surface area contributed by atoms with Gasteiger partial charge in [0, 0.05) is 0 Å². The van der Waals surface area contributed by atoms with Crippen LogP contribution in [0.2, 0.25) is 0 Å². The van der Waals surface area contributed by atoms with E-state index in [1.165, 1.54) is 5.56 Å². The van der Waals surface area contributed by atoms with E-state index < -0.39 is 0 Å². The fraction of sp³-hybridized carbons (Fsp3) is 0.571. The van der Waals surface area contributed by atoms with Crippen molar-refractivity contribution in [2.24, 2.45) is 0 Å². The first-order valence-corrected chi connectivity index (χ1v) is 6.04. The first kappa shape index (κ1) is 12.1. The molecule has 0 aliphatic rings. The van der Waals surface area contributed by atoms with Gasteiger partial charge in [0.15, 0.2) is 0 Å². The van der Waals surface area contributed by atoms with Gasteiger partial charge in [-0.05, 0) is 42.4 Å². The minimum atomic E-state index is 0.481. The van der Waals surface area contributed by atoms with Crippen LogP contribution in [0.1, 0.15) is 57.1 Å². The molecule has 0 fully saturated rings. The summed E-state index contributed by atoms with van der Waals surface area (Å²) in [4.78, 5) is 0. The van der Waals surface area contributed by atoms with Crippen molar-refractivity contribution < 1.29 is 5.11 Å². The second-order valence-corrected chi connectivity index (χ2v) is 4.16.